The first-order chi connectivity index (χ1) is 11.0. The summed E-state index contributed by atoms with van der Waals surface area (Å²) in [7, 11) is 1.57. The molecule has 0 atom stereocenters. The fraction of sp³-hybridized carbons (Fsp3) is 0.267. The van der Waals surface area contributed by atoms with E-state index < -0.39 is 0 Å². The van der Waals surface area contributed by atoms with Crippen LogP contribution in [0.15, 0.2) is 28.5 Å². The number of amides is 2. The highest BCUT2D eigenvalue weighted by atomic mass is 32.2. The molecule has 1 aromatic heterocycles. The average Bonchev–Trinajstić information content (AvgIpc) is 2.85. The van der Waals surface area contributed by atoms with Crippen molar-refractivity contribution in [2.24, 2.45) is 5.73 Å². The second-order valence-corrected chi connectivity index (χ2v) is 6.93. The van der Waals surface area contributed by atoms with E-state index in [1.165, 1.54) is 23.1 Å². The molecule has 8 heteroatoms. The first-order valence-corrected chi connectivity index (χ1v) is 8.60. The molecule has 1 aromatic carbocycles. The minimum Gasteiger partial charge on any atom is -0.496 e. The molecule has 3 N–H and O–H groups in total. The monoisotopic (exact) mass is 351 g/mol. The number of thioether (sulfide) groups is 1. The van der Waals surface area contributed by atoms with E-state index in [1.54, 1.807) is 7.11 Å². The summed E-state index contributed by atoms with van der Waals surface area (Å²) in [5, 5.41) is 3.28. The van der Waals surface area contributed by atoms with Gasteiger partial charge < -0.3 is 15.8 Å². The number of benzene rings is 1. The van der Waals surface area contributed by atoms with Crippen LogP contribution in [0.2, 0.25) is 0 Å². The van der Waals surface area contributed by atoms with Crippen molar-refractivity contribution in [3.8, 4) is 5.75 Å². The van der Waals surface area contributed by atoms with Gasteiger partial charge in [-0.1, -0.05) is 29.5 Å². The summed E-state index contributed by atoms with van der Waals surface area (Å²) in [5.41, 5.74) is 6.72. The minimum atomic E-state index is -0.385. The maximum Gasteiger partial charge on any atom is 0.230 e. The fourth-order valence-corrected chi connectivity index (χ4v) is 3.79. The Bertz CT molecular complexity index is 716. The van der Waals surface area contributed by atoms with E-state index in [0.717, 1.165) is 15.5 Å². The highest BCUT2D eigenvalue weighted by molar-refractivity contribution is 8.01. The van der Waals surface area contributed by atoms with E-state index in [9.17, 15) is 9.59 Å². The van der Waals surface area contributed by atoms with Crippen LogP contribution in [0.4, 0.5) is 5.13 Å². The Hall–Kier alpha value is -2.06. The predicted molar refractivity (Wildman–Crippen MR) is 92.1 cm³/mol. The second-order valence-electron chi connectivity index (χ2n) is 4.68. The summed E-state index contributed by atoms with van der Waals surface area (Å²) < 4.78 is 6.11. The molecule has 0 saturated carbocycles. The van der Waals surface area contributed by atoms with Crippen LogP contribution in [0, 0.1) is 6.92 Å². The third-order valence-electron chi connectivity index (χ3n) is 2.89. The number of carbonyl (C=O) groups is 2. The molecule has 6 nitrogen and oxygen atoms in total. The summed E-state index contributed by atoms with van der Waals surface area (Å²) in [6.07, 6.45) is 0.201. The van der Waals surface area contributed by atoms with Crippen LogP contribution in [0.3, 0.4) is 0 Å². The Kier molecular flexibility index (Phi) is 6.00. The number of hydrogen-bond acceptors (Lipinski definition) is 6. The van der Waals surface area contributed by atoms with E-state index >= 15 is 0 Å². The predicted octanol–water partition coefficient (Wildman–Crippen LogP) is 2.22. The van der Waals surface area contributed by atoms with Crippen molar-refractivity contribution in [2.75, 3.05) is 18.2 Å². The van der Waals surface area contributed by atoms with Gasteiger partial charge in [0.25, 0.3) is 0 Å². The standard InChI is InChI=1S/C15H17N3O3S2/c1-9-14(22-8-12(16)19)23-15(17-9)18-13(20)7-10-5-3-4-6-11(10)21-2/h3-6H,7-8H2,1-2H3,(H2,16,19)(H,17,18,20). The van der Waals surface area contributed by atoms with Crippen LogP contribution < -0.4 is 15.8 Å². The quantitative estimate of drug-likeness (QED) is 0.746. The number of methoxy groups -OCH3 is 1. The number of anilines is 1. The number of thiazole rings is 1. The molecule has 2 amide bonds. The van der Waals surface area contributed by atoms with Gasteiger partial charge in [0.2, 0.25) is 11.8 Å². The summed E-state index contributed by atoms with van der Waals surface area (Å²) in [6.45, 7) is 1.83. The molecule has 122 valence electrons. The first-order valence-electron chi connectivity index (χ1n) is 6.80. The largest absolute Gasteiger partial charge is 0.496 e. The molecule has 0 fully saturated rings. The molecular weight excluding hydrogens is 334 g/mol. The highest BCUT2D eigenvalue weighted by Gasteiger charge is 2.13. The third kappa shape index (κ3) is 4.97. The third-order valence-corrected chi connectivity index (χ3v) is 5.35. The topological polar surface area (TPSA) is 94.3 Å². The van der Waals surface area contributed by atoms with Crippen LogP contribution in [-0.2, 0) is 16.0 Å². The van der Waals surface area contributed by atoms with Gasteiger partial charge in [-0.05, 0) is 13.0 Å². The highest BCUT2D eigenvalue weighted by Crippen LogP contribution is 2.32. The summed E-state index contributed by atoms with van der Waals surface area (Å²) >= 11 is 2.65. The van der Waals surface area contributed by atoms with E-state index in [2.05, 4.69) is 10.3 Å². The number of ether oxygens (including phenoxy) is 1. The Morgan fingerprint density at radius 2 is 2.13 bits per heavy atom. The van der Waals surface area contributed by atoms with E-state index in [0.29, 0.717) is 10.9 Å². The van der Waals surface area contributed by atoms with Gasteiger partial charge in [-0.15, -0.1) is 11.8 Å². The van der Waals surface area contributed by atoms with Crippen LogP contribution >= 0.6 is 23.1 Å². The number of para-hydroxylation sites is 1. The number of carbonyl (C=O) groups excluding carboxylic acids is 2. The van der Waals surface area contributed by atoms with Gasteiger partial charge in [0, 0.05) is 5.56 Å². The summed E-state index contributed by atoms with van der Waals surface area (Å²) in [6, 6.07) is 7.37. The number of aromatic nitrogens is 1. The van der Waals surface area contributed by atoms with Gasteiger partial charge in [-0.2, -0.15) is 0 Å². The van der Waals surface area contributed by atoms with Gasteiger partial charge in [0.15, 0.2) is 5.13 Å². The molecule has 1 heterocycles. The molecule has 2 rings (SSSR count). The fourth-order valence-electron chi connectivity index (χ4n) is 1.89. The Morgan fingerprint density at radius 3 is 2.83 bits per heavy atom. The number of nitrogens with zero attached hydrogens (tertiary/aromatic N) is 1. The van der Waals surface area contributed by atoms with E-state index in [1.807, 2.05) is 31.2 Å². The van der Waals surface area contributed by atoms with Gasteiger partial charge >= 0.3 is 0 Å². The van der Waals surface area contributed by atoms with Crippen LogP contribution in [0.1, 0.15) is 11.3 Å². The molecule has 0 aliphatic carbocycles. The van der Waals surface area contributed by atoms with E-state index in [-0.39, 0.29) is 24.0 Å². The molecule has 0 unspecified atom stereocenters. The number of hydrogen-bond donors (Lipinski definition) is 2. The first kappa shape index (κ1) is 17.3. The molecule has 0 aliphatic rings. The zero-order valence-corrected chi connectivity index (χ0v) is 14.4. The summed E-state index contributed by atoms with van der Waals surface area (Å²) in [5.74, 6) is 0.312. The van der Waals surface area contributed by atoms with Crippen molar-refractivity contribution in [3.63, 3.8) is 0 Å². The van der Waals surface area contributed by atoms with Crippen molar-refractivity contribution in [2.45, 2.75) is 17.6 Å². The lowest BCUT2D eigenvalue weighted by atomic mass is 10.1. The minimum absolute atomic E-state index is 0.172. The number of nitrogens with one attached hydrogen (secondary N) is 1. The zero-order valence-electron chi connectivity index (χ0n) is 12.8. The number of primary amides is 1. The molecule has 23 heavy (non-hydrogen) atoms. The molecule has 0 radical (unpaired) electrons. The molecule has 0 bridgehead atoms. The van der Waals surface area contributed by atoms with Crippen molar-refractivity contribution >= 4 is 40.0 Å². The van der Waals surface area contributed by atoms with Crippen LogP contribution in [-0.4, -0.2) is 29.7 Å². The van der Waals surface area contributed by atoms with Crippen molar-refractivity contribution in [1.29, 1.82) is 0 Å². The lowest BCUT2D eigenvalue weighted by molar-refractivity contribution is -0.116. The van der Waals surface area contributed by atoms with Gasteiger partial charge in [-0.25, -0.2) is 4.98 Å². The Balaban J connectivity index is 2.00. The Labute approximate surface area is 142 Å². The van der Waals surface area contributed by atoms with Crippen molar-refractivity contribution in [3.05, 3.63) is 35.5 Å². The maximum absolute atomic E-state index is 12.2. The molecular formula is C15H17N3O3S2. The zero-order chi connectivity index (χ0) is 16.8. The van der Waals surface area contributed by atoms with Gasteiger partial charge in [-0.3, -0.25) is 9.59 Å². The average molecular weight is 351 g/mol. The normalized spacial score (nSPS) is 10.3. The smallest absolute Gasteiger partial charge is 0.230 e. The molecule has 2 aromatic rings. The number of nitrogens with two attached hydrogens (primary N) is 1. The SMILES string of the molecule is COc1ccccc1CC(=O)Nc1nc(C)c(SCC(N)=O)s1. The molecule has 0 spiro atoms. The Morgan fingerprint density at radius 1 is 1.39 bits per heavy atom. The van der Waals surface area contributed by atoms with Gasteiger partial charge in [0.05, 0.1) is 29.2 Å². The van der Waals surface area contributed by atoms with Gasteiger partial charge in [0.1, 0.15) is 5.75 Å². The summed E-state index contributed by atoms with van der Waals surface area (Å²) in [4.78, 5) is 27.3. The molecule has 0 aliphatic heterocycles. The van der Waals surface area contributed by atoms with Crippen LogP contribution in [0.25, 0.3) is 0 Å². The second kappa shape index (κ2) is 7.98. The lowest BCUT2D eigenvalue weighted by Crippen LogP contribution is -2.14. The van der Waals surface area contributed by atoms with Crippen molar-refractivity contribution < 1.29 is 14.3 Å². The maximum atomic E-state index is 12.2. The van der Waals surface area contributed by atoms with Crippen LogP contribution in [0.5, 0.6) is 5.75 Å². The number of rotatable bonds is 7. The van der Waals surface area contributed by atoms with Crippen molar-refractivity contribution in [1.82, 2.24) is 4.98 Å². The lowest BCUT2D eigenvalue weighted by Gasteiger charge is -2.07. The number of aryl methyl sites for hydroxylation is 1. The molecule has 0 saturated heterocycles. The van der Waals surface area contributed by atoms with E-state index in [4.69, 9.17) is 10.5 Å².